The van der Waals surface area contributed by atoms with Crippen molar-refractivity contribution < 1.29 is 33.3 Å². The predicted molar refractivity (Wildman–Crippen MR) is 144 cm³/mol. The van der Waals surface area contributed by atoms with Gasteiger partial charge in [0.1, 0.15) is 18.4 Å². The molecule has 2 aliphatic rings. The molecule has 10 atom stereocenters. The lowest BCUT2D eigenvalue weighted by atomic mass is 9.76. The molecule has 2 saturated heterocycles. The van der Waals surface area contributed by atoms with Gasteiger partial charge in [0.2, 0.25) is 0 Å². The monoisotopic (exact) mass is 533 g/mol. The molecule has 0 saturated carbocycles. The number of hydrogen-bond acceptors (Lipinski definition) is 8. The maximum atomic E-state index is 12.2. The van der Waals surface area contributed by atoms with Crippen LogP contribution >= 0.6 is 0 Å². The van der Waals surface area contributed by atoms with E-state index in [4.69, 9.17) is 23.7 Å². The van der Waals surface area contributed by atoms with Crippen LogP contribution in [0.1, 0.15) is 66.9 Å². The van der Waals surface area contributed by atoms with Crippen LogP contribution in [0.15, 0.2) is 30.3 Å². The summed E-state index contributed by atoms with van der Waals surface area (Å²) in [5.41, 5.74) is 1.08. The number of carbonyl (C=O) groups is 2. The van der Waals surface area contributed by atoms with Gasteiger partial charge in [-0.3, -0.25) is 14.9 Å². The molecule has 8 unspecified atom stereocenters. The van der Waals surface area contributed by atoms with E-state index in [2.05, 4.69) is 26.1 Å². The molecule has 0 aliphatic carbocycles. The predicted octanol–water partition coefficient (Wildman–Crippen LogP) is 4.49. The van der Waals surface area contributed by atoms with Crippen molar-refractivity contribution in [1.29, 1.82) is 0 Å². The second kappa shape index (κ2) is 14.4. The summed E-state index contributed by atoms with van der Waals surface area (Å²) < 4.78 is 29.7. The highest BCUT2D eigenvalue weighted by molar-refractivity contribution is 5.66. The Hall–Kier alpha value is -2.00. The van der Waals surface area contributed by atoms with E-state index in [1.807, 2.05) is 44.2 Å². The van der Waals surface area contributed by atoms with Gasteiger partial charge in [-0.25, -0.2) is 0 Å². The van der Waals surface area contributed by atoms with Crippen molar-refractivity contribution in [2.24, 2.45) is 23.7 Å². The van der Waals surface area contributed by atoms with Gasteiger partial charge in [0.25, 0.3) is 0 Å². The van der Waals surface area contributed by atoms with E-state index in [9.17, 15) is 9.59 Å². The first kappa shape index (κ1) is 30.5. The van der Waals surface area contributed by atoms with Crippen LogP contribution in [-0.4, -0.2) is 61.8 Å². The Labute approximate surface area is 228 Å². The zero-order chi connectivity index (χ0) is 27.8. The van der Waals surface area contributed by atoms with Gasteiger partial charge < -0.3 is 23.7 Å². The van der Waals surface area contributed by atoms with Crippen molar-refractivity contribution in [3.63, 3.8) is 0 Å². The number of carbonyl (C=O) groups excluding carboxylic acids is 2. The Balaban J connectivity index is 1.70. The van der Waals surface area contributed by atoms with Crippen molar-refractivity contribution in [2.75, 3.05) is 13.2 Å². The molecular weight excluding hydrogens is 486 g/mol. The van der Waals surface area contributed by atoms with E-state index in [0.717, 1.165) is 18.4 Å². The van der Waals surface area contributed by atoms with Gasteiger partial charge in [0.05, 0.1) is 25.4 Å². The standard InChI is InChI=1S/C30H47NO7/c1-8-26-30(38-26)31-25-14-15-35-28(19(25)3)21(5)29(37-23(7)33)20(4)27(36-22(6)32)18(2)16-34-17-24-12-10-9-11-13-24/h9-13,18-21,25-31H,8,14-17H2,1-7H3/t18?,19?,20-,21+,25?,26?,27?,28?,29?,30?/m0/s1. The number of epoxide rings is 1. The van der Waals surface area contributed by atoms with Gasteiger partial charge in [0.15, 0.2) is 0 Å². The third-order valence-corrected chi connectivity index (χ3v) is 7.99. The van der Waals surface area contributed by atoms with Crippen molar-refractivity contribution in [3.05, 3.63) is 35.9 Å². The van der Waals surface area contributed by atoms with E-state index in [0.29, 0.717) is 19.8 Å². The molecule has 214 valence electrons. The molecule has 38 heavy (non-hydrogen) atoms. The summed E-state index contributed by atoms with van der Waals surface area (Å²) in [5, 5.41) is 3.65. The first-order valence-corrected chi connectivity index (χ1v) is 14.1. The normalized spacial score (nSPS) is 29.0. The van der Waals surface area contributed by atoms with Gasteiger partial charge in [-0.1, -0.05) is 65.0 Å². The molecule has 3 rings (SSSR count). The van der Waals surface area contributed by atoms with E-state index < -0.39 is 12.2 Å². The minimum absolute atomic E-state index is 0.106. The smallest absolute Gasteiger partial charge is 0.302 e. The molecule has 1 aromatic carbocycles. The fraction of sp³-hybridized carbons (Fsp3) is 0.733. The number of benzene rings is 1. The van der Waals surface area contributed by atoms with Gasteiger partial charge in [0, 0.05) is 44.2 Å². The molecule has 8 heteroatoms. The van der Waals surface area contributed by atoms with Crippen molar-refractivity contribution in [3.8, 4) is 0 Å². The first-order chi connectivity index (χ1) is 18.1. The summed E-state index contributed by atoms with van der Waals surface area (Å²) in [6.45, 7) is 14.7. The summed E-state index contributed by atoms with van der Waals surface area (Å²) in [5.74, 6) is -1.05. The molecule has 2 fully saturated rings. The van der Waals surface area contributed by atoms with Crippen LogP contribution in [0, 0.1) is 23.7 Å². The van der Waals surface area contributed by atoms with Crippen molar-refractivity contribution in [1.82, 2.24) is 5.32 Å². The zero-order valence-corrected chi connectivity index (χ0v) is 24.1. The molecule has 8 nitrogen and oxygen atoms in total. The van der Waals surface area contributed by atoms with Crippen LogP contribution in [0.2, 0.25) is 0 Å². The quantitative estimate of drug-likeness (QED) is 0.276. The van der Waals surface area contributed by atoms with E-state index >= 15 is 0 Å². The largest absolute Gasteiger partial charge is 0.462 e. The molecule has 2 aliphatic heterocycles. The number of nitrogens with one attached hydrogen (secondary N) is 1. The Bertz CT molecular complexity index is 881. The van der Waals surface area contributed by atoms with Gasteiger partial charge in [-0.05, 0) is 24.3 Å². The zero-order valence-electron chi connectivity index (χ0n) is 24.1. The number of rotatable bonds is 14. The van der Waals surface area contributed by atoms with Crippen molar-refractivity contribution >= 4 is 11.9 Å². The van der Waals surface area contributed by atoms with Crippen LogP contribution in [-0.2, 0) is 39.9 Å². The summed E-state index contributed by atoms with van der Waals surface area (Å²) in [6, 6.07) is 10.2. The molecule has 0 aromatic heterocycles. The Morgan fingerprint density at radius 3 is 2.32 bits per heavy atom. The maximum Gasteiger partial charge on any atom is 0.302 e. The lowest BCUT2D eigenvalue weighted by Gasteiger charge is -2.44. The summed E-state index contributed by atoms with van der Waals surface area (Å²) in [6.07, 6.45) is 1.16. The van der Waals surface area contributed by atoms with Gasteiger partial charge >= 0.3 is 11.9 Å². The van der Waals surface area contributed by atoms with Crippen LogP contribution in [0.5, 0.6) is 0 Å². The highest BCUT2D eigenvalue weighted by Gasteiger charge is 2.46. The molecule has 0 radical (unpaired) electrons. The minimum Gasteiger partial charge on any atom is -0.462 e. The number of esters is 2. The average molecular weight is 534 g/mol. The molecule has 0 amide bonds. The minimum atomic E-state index is -0.500. The lowest BCUT2D eigenvalue weighted by molar-refractivity contribution is -0.175. The fourth-order valence-electron chi connectivity index (χ4n) is 5.88. The van der Waals surface area contributed by atoms with E-state index in [1.54, 1.807) is 0 Å². The van der Waals surface area contributed by atoms with E-state index in [1.165, 1.54) is 13.8 Å². The Morgan fingerprint density at radius 2 is 1.71 bits per heavy atom. The molecular formula is C30H47NO7. The maximum absolute atomic E-state index is 12.2. The van der Waals surface area contributed by atoms with Gasteiger partial charge in [-0.2, -0.15) is 0 Å². The number of ether oxygens (including phenoxy) is 5. The highest BCUT2D eigenvalue weighted by atomic mass is 16.6. The third-order valence-electron chi connectivity index (χ3n) is 7.99. The number of hydrogen-bond donors (Lipinski definition) is 1. The highest BCUT2D eigenvalue weighted by Crippen LogP contribution is 2.36. The van der Waals surface area contributed by atoms with Gasteiger partial charge in [-0.15, -0.1) is 0 Å². The molecule has 2 heterocycles. The lowest BCUT2D eigenvalue weighted by Crippen LogP contribution is -2.54. The summed E-state index contributed by atoms with van der Waals surface area (Å²) in [7, 11) is 0. The molecule has 0 bridgehead atoms. The average Bonchev–Trinajstić information content (AvgIpc) is 3.64. The van der Waals surface area contributed by atoms with Crippen LogP contribution in [0.3, 0.4) is 0 Å². The van der Waals surface area contributed by atoms with Crippen molar-refractivity contribution in [2.45, 2.75) is 105 Å². The SMILES string of the molecule is CCC1OC1NC1CCOC([C@@H](C)C(OC(C)=O)[C@@H](C)C(OC(C)=O)C(C)COCc2ccccc2)C1C. The first-order valence-electron chi connectivity index (χ1n) is 14.1. The molecule has 0 spiro atoms. The topological polar surface area (TPSA) is 95.6 Å². The summed E-state index contributed by atoms with van der Waals surface area (Å²) >= 11 is 0. The molecule has 1 aromatic rings. The van der Waals surface area contributed by atoms with Crippen LogP contribution in [0.25, 0.3) is 0 Å². The second-order valence-electron chi connectivity index (χ2n) is 11.1. The van der Waals surface area contributed by atoms with Crippen LogP contribution in [0.4, 0.5) is 0 Å². The second-order valence-corrected chi connectivity index (χ2v) is 11.1. The fourth-order valence-corrected chi connectivity index (χ4v) is 5.88. The van der Waals surface area contributed by atoms with Crippen LogP contribution < -0.4 is 5.32 Å². The van der Waals surface area contributed by atoms with E-state index in [-0.39, 0.29) is 60.1 Å². The Morgan fingerprint density at radius 1 is 1.05 bits per heavy atom. The summed E-state index contributed by atoms with van der Waals surface area (Å²) in [4.78, 5) is 24.3. The third kappa shape index (κ3) is 8.50. The Kier molecular flexibility index (Phi) is 11.6. The molecule has 1 N–H and O–H groups in total.